The van der Waals surface area contributed by atoms with Gasteiger partial charge in [0.25, 0.3) is 0 Å². The van der Waals surface area contributed by atoms with Gasteiger partial charge in [-0.2, -0.15) is 0 Å². The maximum atomic E-state index is 5.77. The molecule has 0 spiro atoms. The topological polar surface area (TPSA) is 21.3 Å². The van der Waals surface area contributed by atoms with E-state index in [1.54, 1.807) is 0 Å². The molecule has 3 fully saturated rings. The normalized spacial score (nSPS) is 40.5. The Bertz CT molecular complexity index is 250. The lowest BCUT2D eigenvalue weighted by molar-refractivity contribution is 0.0985. The minimum absolute atomic E-state index is 0.576. The summed E-state index contributed by atoms with van der Waals surface area (Å²) in [6.45, 7) is 4.39. The van der Waals surface area contributed by atoms with Crippen LogP contribution < -0.4 is 5.32 Å². The van der Waals surface area contributed by atoms with Gasteiger partial charge in [-0.1, -0.05) is 19.8 Å². The van der Waals surface area contributed by atoms with E-state index in [0.717, 1.165) is 36.9 Å². The Morgan fingerprint density at radius 3 is 2.50 bits per heavy atom. The highest BCUT2D eigenvalue weighted by molar-refractivity contribution is 5.04. The molecule has 0 aromatic rings. The second-order valence-corrected chi connectivity index (χ2v) is 6.57. The first-order valence-corrected chi connectivity index (χ1v) is 8.25. The Balaban J connectivity index is 1.48. The van der Waals surface area contributed by atoms with Crippen molar-refractivity contribution in [3.05, 3.63) is 0 Å². The summed E-state index contributed by atoms with van der Waals surface area (Å²) >= 11 is 0. The molecule has 0 aromatic heterocycles. The highest BCUT2D eigenvalue weighted by atomic mass is 16.5. The van der Waals surface area contributed by atoms with Crippen molar-refractivity contribution in [1.82, 2.24) is 5.32 Å². The van der Waals surface area contributed by atoms with Gasteiger partial charge in [-0.25, -0.2) is 0 Å². The van der Waals surface area contributed by atoms with E-state index in [-0.39, 0.29) is 0 Å². The number of ether oxygens (including phenoxy) is 1. The summed E-state index contributed by atoms with van der Waals surface area (Å²) in [5, 5.41) is 3.77. The van der Waals surface area contributed by atoms with Crippen molar-refractivity contribution in [3.8, 4) is 0 Å². The fourth-order valence-electron chi connectivity index (χ4n) is 4.57. The van der Waals surface area contributed by atoms with Gasteiger partial charge < -0.3 is 10.1 Å². The molecule has 4 atom stereocenters. The third-order valence-corrected chi connectivity index (χ3v) is 5.48. The van der Waals surface area contributed by atoms with Crippen molar-refractivity contribution in [2.45, 2.75) is 70.4 Å². The van der Waals surface area contributed by atoms with Crippen LogP contribution >= 0.6 is 0 Å². The molecule has 1 N–H and O–H groups in total. The van der Waals surface area contributed by atoms with Crippen molar-refractivity contribution < 1.29 is 4.74 Å². The molecule has 0 radical (unpaired) electrons. The minimum atomic E-state index is 0.576. The molecule has 2 saturated carbocycles. The quantitative estimate of drug-likeness (QED) is 0.781. The highest BCUT2D eigenvalue weighted by Crippen LogP contribution is 2.57. The smallest absolute Gasteiger partial charge is 0.0576 e. The Morgan fingerprint density at radius 1 is 1.11 bits per heavy atom. The summed E-state index contributed by atoms with van der Waals surface area (Å²) in [6.07, 6.45) is 11.8. The molecule has 104 valence electrons. The Kier molecular flexibility index (Phi) is 4.25. The third kappa shape index (κ3) is 2.75. The maximum Gasteiger partial charge on any atom is 0.0576 e. The number of rotatable bonds is 6. The zero-order valence-electron chi connectivity index (χ0n) is 11.9. The van der Waals surface area contributed by atoms with E-state index < -0.39 is 0 Å². The molecule has 0 bridgehead atoms. The van der Waals surface area contributed by atoms with Crippen LogP contribution in [0.4, 0.5) is 0 Å². The molecule has 2 heteroatoms. The van der Waals surface area contributed by atoms with Crippen molar-refractivity contribution >= 4 is 0 Å². The SMILES string of the molecule is CCNC(CCC1CCCO1)C1C2CCCCC21. The van der Waals surface area contributed by atoms with E-state index in [2.05, 4.69) is 12.2 Å². The molecule has 2 nitrogen and oxygen atoms in total. The zero-order chi connectivity index (χ0) is 12.4. The summed E-state index contributed by atoms with van der Waals surface area (Å²) in [7, 11) is 0. The average Bonchev–Trinajstić information content (AvgIpc) is 2.88. The highest BCUT2D eigenvalue weighted by Gasteiger charge is 2.53. The van der Waals surface area contributed by atoms with Gasteiger partial charge in [0.2, 0.25) is 0 Å². The molecule has 0 aromatic carbocycles. The Labute approximate surface area is 112 Å². The summed E-state index contributed by atoms with van der Waals surface area (Å²) in [4.78, 5) is 0. The van der Waals surface area contributed by atoms with E-state index in [0.29, 0.717) is 6.10 Å². The van der Waals surface area contributed by atoms with Crippen LogP contribution in [0.5, 0.6) is 0 Å². The van der Waals surface area contributed by atoms with Crippen LogP contribution in [0.2, 0.25) is 0 Å². The van der Waals surface area contributed by atoms with Gasteiger partial charge >= 0.3 is 0 Å². The first kappa shape index (κ1) is 12.9. The summed E-state index contributed by atoms with van der Waals surface area (Å²) in [5.41, 5.74) is 0. The maximum absolute atomic E-state index is 5.77. The van der Waals surface area contributed by atoms with E-state index >= 15 is 0 Å². The summed E-state index contributed by atoms with van der Waals surface area (Å²) in [5.74, 6) is 3.16. The fourth-order valence-corrected chi connectivity index (χ4v) is 4.57. The molecular formula is C16H29NO. The van der Waals surface area contributed by atoms with Crippen LogP contribution in [0.3, 0.4) is 0 Å². The number of fused-ring (bicyclic) bond motifs is 1. The van der Waals surface area contributed by atoms with Crippen LogP contribution in [0.1, 0.15) is 58.3 Å². The minimum Gasteiger partial charge on any atom is -0.378 e. The first-order chi connectivity index (χ1) is 8.90. The fraction of sp³-hybridized carbons (Fsp3) is 1.00. The lowest BCUT2D eigenvalue weighted by atomic mass is 10.00. The molecule has 1 saturated heterocycles. The lowest BCUT2D eigenvalue weighted by Crippen LogP contribution is -2.33. The molecule has 0 amide bonds. The number of hydrogen-bond donors (Lipinski definition) is 1. The van der Waals surface area contributed by atoms with Crippen LogP contribution in [0.25, 0.3) is 0 Å². The number of hydrogen-bond acceptors (Lipinski definition) is 2. The van der Waals surface area contributed by atoms with Crippen LogP contribution in [0, 0.1) is 17.8 Å². The van der Waals surface area contributed by atoms with E-state index in [4.69, 9.17) is 4.74 Å². The average molecular weight is 251 g/mol. The molecule has 1 heterocycles. The third-order valence-electron chi connectivity index (χ3n) is 5.48. The van der Waals surface area contributed by atoms with E-state index in [9.17, 15) is 0 Å². The van der Waals surface area contributed by atoms with Crippen molar-refractivity contribution in [2.24, 2.45) is 17.8 Å². The van der Waals surface area contributed by atoms with E-state index in [1.807, 2.05) is 0 Å². The molecular weight excluding hydrogens is 222 g/mol. The van der Waals surface area contributed by atoms with Crippen LogP contribution in [0.15, 0.2) is 0 Å². The van der Waals surface area contributed by atoms with Gasteiger partial charge in [0.05, 0.1) is 6.10 Å². The van der Waals surface area contributed by atoms with Crippen molar-refractivity contribution in [1.29, 1.82) is 0 Å². The molecule has 2 aliphatic carbocycles. The van der Waals surface area contributed by atoms with Crippen LogP contribution in [-0.2, 0) is 4.74 Å². The van der Waals surface area contributed by atoms with Gasteiger partial charge in [-0.05, 0) is 62.8 Å². The predicted octanol–water partition coefficient (Wildman–Crippen LogP) is 3.36. The molecule has 3 aliphatic rings. The van der Waals surface area contributed by atoms with Gasteiger partial charge in [-0.15, -0.1) is 0 Å². The second-order valence-electron chi connectivity index (χ2n) is 6.57. The molecule has 3 rings (SSSR count). The molecule has 1 aliphatic heterocycles. The van der Waals surface area contributed by atoms with Crippen LogP contribution in [-0.4, -0.2) is 25.3 Å². The van der Waals surface area contributed by atoms with Gasteiger partial charge in [0.15, 0.2) is 0 Å². The molecule has 18 heavy (non-hydrogen) atoms. The van der Waals surface area contributed by atoms with Crippen molar-refractivity contribution in [3.63, 3.8) is 0 Å². The standard InChI is InChI=1S/C16H29NO/c1-2-17-15(10-9-12-6-5-11-18-12)16-13-7-3-4-8-14(13)16/h12-17H,2-11H2,1H3. The lowest BCUT2D eigenvalue weighted by Gasteiger charge is -2.20. The Hall–Kier alpha value is -0.0800. The first-order valence-electron chi connectivity index (χ1n) is 8.25. The summed E-state index contributed by atoms with van der Waals surface area (Å²) in [6, 6.07) is 0.785. The summed E-state index contributed by atoms with van der Waals surface area (Å²) < 4.78 is 5.77. The monoisotopic (exact) mass is 251 g/mol. The second kappa shape index (κ2) is 5.92. The number of nitrogens with one attached hydrogen (secondary N) is 1. The molecule has 4 unspecified atom stereocenters. The largest absolute Gasteiger partial charge is 0.378 e. The van der Waals surface area contributed by atoms with Gasteiger partial charge in [-0.3, -0.25) is 0 Å². The Morgan fingerprint density at radius 2 is 1.89 bits per heavy atom. The van der Waals surface area contributed by atoms with E-state index in [1.165, 1.54) is 51.4 Å². The zero-order valence-corrected chi connectivity index (χ0v) is 11.9. The van der Waals surface area contributed by atoms with Gasteiger partial charge in [0.1, 0.15) is 0 Å². The van der Waals surface area contributed by atoms with Gasteiger partial charge in [0, 0.05) is 12.6 Å². The van der Waals surface area contributed by atoms with Crippen molar-refractivity contribution in [2.75, 3.05) is 13.2 Å². The predicted molar refractivity (Wildman–Crippen MR) is 74.6 cm³/mol.